The predicted molar refractivity (Wildman–Crippen MR) is 133 cm³/mol. The van der Waals surface area contributed by atoms with Gasteiger partial charge in [0.1, 0.15) is 22.9 Å². The highest BCUT2D eigenvalue weighted by atomic mass is 19.4. The van der Waals surface area contributed by atoms with E-state index in [1.165, 1.54) is 41.3 Å². The molecule has 1 aromatic heterocycles. The van der Waals surface area contributed by atoms with Crippen LogP contribution in [0.3, 0.4) is 0 Å². The minimum atomic E-state index is -4.62. The minimum Gasteiger partial charge on any atom is -0.358 e. The first-order valence-electron chi connectivity index (χ1n) is 12.0. The molecule has 1 unspecified atom stereocenters. The largest absolute Gasteiger partial charge is 0.417 e. The van der Waals surface area contributed by atoms with Crippen molar-refractivity contribution in [2.24, 2.45) is 0 Å². The van der Waals surface area contributed by atoms with Gasteiger partial charge in [0.15, 0.2) is 17.6 Å². The lowest BCUT2D eigenvalue weighted by Crippen LogP contribution is -2.34. The van der Waals surface area contributed by atoms with E-state index in [0.29, 0.717) is 29.9 Å². The Hall–Kier alpha value is -4.61. The summed E-state index contributed by atoms with van der Waals surface area (Å²) in [4.78, 5) is 21.9. The monoisotopic (exact) mass is 538 g/mol. The number of halogens is 4. The van der Waals surface area contributed by atoms with Crippen LogP contribution in [0.5, 0.6) is 0 Å². The quantitative estimate of drug-likeness (QED) is 0.268. The number of carbonyl (C=O) groups excluding carboxylic acids is 1. The normalized spacial score (nSPS) is 12.6. The molecule has 0 fully saturated rings. The van der Waals surface area contributed by atoms with E-state index in [0.717, 1.165) is 6.07 Å². The first-order valence-corrected chi connectivity index (χ1v) is 12.0. The number of hydrogen-bond acceptors (Lipinski definition) is 6. The Bertz CT molecular complexity index is 1610. The molecular weight excluding hydrogens is 516 g/mol. The number of nitrogens with zero attached hydrogens (tertiary/aromatic N) is 5. The van der Waals surface area contributed by atoms with Gasteiger partial charge in [-0.05, 0) is 31.5 Å². The van der Waals surface area contributed by atoms with Crippen molar-refractivity contribution in [3.8, 4) is 34.0 Å². The summed E-state index contributed by atoms with van der Waals surface area (Å²) in [6.07, 6.45) is -1.16. The lowest BCUT2D eigenvalue weighted by Gasteiger charge is -2.17. The summed E-state index contributed by atoms with van der Waals surface area (Å²) in [6.45, 7) is 3.78. The summed E-state index contributed by atoms with van der Waals surface area (Å²) in [5, 5.41) is 10.9. The lowest BCUT2D eigenvalue weighted by molar-refractivity contribution is -0.137. The summed E-state index contributed by atoms with van der Waals surface area (Å²) >= 11 is 0. The number of aryl methyl sites for hydroxylation is 1. The standard InChI is InChI=1S/C27H22F4N6O2/c1-3-10-32-26(38)24(23-12-20(36-39-23)16-9-8-15(2)11-18(16)27(29,30)31)37-14-22-21(13-33-37)34-25(35-22)17-6-4-5-7-19(17)28/h4-9,11-14,24H,3,10H2,1-2H3,(H,32,38). The fourth-order valence-corrected chi connectivity index (χ4v) is 4.13. The fourth-order valence-electron chi connectivity index (χ4n) is 4.13. The maximum atomic E-state index is 14.3. The third-order valence-corrected chi connectivity index (χ3v) is 6.01. The molecule has 0 radical (unpaired) electrons. The van der Waals surface area contributed by atoms with Gasteiger partial charge in [-0.15, -0.1) is 0 Å². The van der Waals surface area contributed by atoms with Gasteiger partial charge in [-0.25, -0.2) is 14.4 Å². The van der Waals surface area contributed by atoms with E-state index in [1.54, 1.807) is 25.1 Å². The average Bonchev–Trinajstić information content (AvgIpc) is 3.55. The molecule has 2 aromatic carbocycles. The summed E-state index contributed by atoms with van der Waals surface area (Å²) in [5.41, 5.74) is 0.206. The third-order valence-electron chi connectivity index (χ3n) is 6.01. The molecule has 200 valence electrons. The number of alkyl halides is 3. The molecule has 1 atom stereocenters. The zero-order chi connectivity index (χ0) is 27.7. The van der Waals surface area contributed by atoms with Crippen LogP contribution >= 0.6 is 0 Å². The van der Waals surface area contributed by atoms with E-state index < -0.39 is 29.5 Å². The molecule has 1 N–H and O–H groups in total. The molecule has 2 aliphatic heterocycles. The topological polar surface area (TPSA) is 98.7 Å². The third kappa shape index (κ3) is 5.22. The molecule has 3 heterocycles. The molecule has 5 rings (SSSR count). The molecule has 1 amide bonds. The van der Waals surface area contributed by atoms with E-state index in [2.05, 4.69) is 25.5 Å². The molecule has 8 nitrogen and oxygen atoms in total. The van der Waals surface area contributed by atoms with E-state index in [-0.39, 0.29) is 28.4 Å². The number of rotatable bonds is 7. The minimum absolute atomic E-state index is 0.0296. The molecule has 3 aromatic rings. The summed E-state index contributed by atoms with van der Waals surface area (Å²) in [5.74, 6) is -0.882. The van der Waals surface area contributed by atoms with E-state index >= 15 is 0 Å². The van der Waals surface area contributed by atoms with Crippen molar-refractivity contribution in [3.05, 3.63) is 83.6 Å². The Labute approximate surface area is 220 Å². The second-order valence-corrected chi connectivity index (χ2v) is 8.91. The van der Waals surface area contributed by atoms with Crippen LogP contribution in [0.1, 0.15) is 36.3 Å². The van der Waals surface area contributed by atoms with Gasteiger partial charge in [0, 0.05) is 18.2 Å². The molecule has 0 saturated heterocycles. The molecular formula is C27H22F4N6O2. The number of hydrogen-bond donors (Lipinski definition) is 1. The smallest absolute Gasteiger partial charge is 0.358 e. The number of imidazole rings is 1. The number of nitrogens with one attached hydrogen (secondary N) is 1. The predicted octanol–water partition coefficient (Wildman–Crippen LogP) is 5.68. The van der Waals surface area contributed by atoms with Gasteiger partial charge in [-0.2, -0.15) is 18.3 Å². The Morgan fingerprint density at radius 2 is 1.82 bits per heavy atom. The van der Waals surface area contributed by atoms with Crippen molar-refractivity contribution >= 4 is 5.91 Å². The van der Waals surface area contributed by atoms with E-state index in [9.17, 15) is 22.4 Å². The Morgan fingerprint density at radius 1 is 1.05 bits per heavy atom. The van der Waals surface area contributed by atoms with Crippen LogP contribution in [0.25, 0.3) is 34.0 Å². The molecule has 2 aliphatic rings. The van der Waals surface area contributed by atoms with Gasteiger partial charge in [0.05, 0.1) is 23.5 Å². The number of fused-ring (bicyclic) bond motifs is 1. The van der Waals surface area contributed by atoms with Gasteiger partial charge >= 0.3 is 6.18 Å². The second kappa shape index (κ2) is 10.3. The molecule has 12 heteroatoms. The summed E-state index contributed by atoms with van der Waals surface area (Å²) < 4.78 is 62.2. The SMILES string of the molecule is CCCNC(=O)C(c1cc(-c2ccc(C)cc2C(F)(F)F)no1)n1cc2nc(-c3ccccc3F)nc-2cn1. The molecule has 0 spiro atoms. The average molecular weight is 539 g/mol. The zero-order valence-corrected chi connectivity index (χ0v) is 20.8. The molecule has 39 heavy (non-hydrogen) atoms. The zero-order valence-electron chi connectivity index (χ0n) is 20.8. The van der Waals surface area contributed by atoms with Crippen molar-refractivity contribution in [2.45, 2.75) is 32.5 Å². The fraction of sp³-hybridized carbons (Fsp3) is 0.222. The van der Waals surface area contributed by atoms with Crippen LogP contribution in [0.2, 0.25) is 0 Å². The van der Waals surface area contributed by atoms with Crippen LogP contribution in [0.15, 0.2) is 65.4 Å². The first kappa shape index (κ1) is 26.0. The number of aromatic nitrogens is 5. The summed E-state index contributed by atoms with van der Waals surface area (Å²) in [7, 11) is 0. The highest BCUT2D eigenvalue weighted by molar-refractivity contribution is 5.83. The van der Waals surface area contributed by atoms with Crippen molar-refractivity contribution in [2.75, 3.05) is 6.54 Å². The molecule has 0 bridgehead atoms. The highest BCUT2D eigenvalue weighted by Crippen LogP contribution is 2.38. The van der Waals surface area contributed by atoms with Gasteiger partial charge in [0.2, 0.25) is 0 Å². The Balaban J connectivity index is 1.57. The molecule has 0 saturated carbocycles. The Morgan fingerprint density at radius 3 is 2.56 bits per heavy atom. The van der Waals surface area contributed by atoms with E-state index in [4.69, 9.17) is 4.52 Å². The molecule has 0 aliphatic carbocycles. The van der Waals surface area contributed by atoms with Crippen LogP contribution in [-0.4, -0.2) is 37.4 Å². The van der Waals surface area contributed by atoms with Crippen molar-refractivity contribution in [1.82, 2.24) is 30.2 Å². The van der Waals surface area contributed by atoms with Crippen molar-refractivity contribution < 1.29 is 26.9 Å². The highest BCUT2D eigenvalue weighted by Gasteiger charge is 2.35. The van der Waals surface area contributed by atoms with Crippen LogP contribution in [-0.2, 0) is 11.0 Å². The Kier molecular flexibility index (Phi) is 6.85. The summed E-state index contributed by atoms with van der Waals surface area (Å²) in [6, 6.07) is 10.0. The van der Waals surface area contributed by atoms with Crippen molar-refractivity contribution in [3.63, 3.8) is 0 Å². The van der Waals surface area contributed by atoms with E-state index in [1.807, 2.05) is 6.92 Å². The lowest BCUT2D eigenvalue weighted by atomic mass is 10.0. The van der Waals surface area contributed by atoms with Gasteiger partial charge in [-0.3, -0.25) is 9.48 Å². The first-order chi connectivity index (χ1) is 18.7. The number of benzene rings is 2. The van der Waals surface area contributed by atoms with Crippen LogP contribution in [0, 0.1) is 12.7 Å². The van der Waals surface area contributed by atoms with Crippen LogP contribution in [0.4, 0.5) is 17.6 Å². The van der Waals surface area contributed by atoms with Crippen molar-refractivity contribution in [1.29, 1.82) is 0 Å². The van der Waals surface area contributed by atoms with Crippen LogP contribution < -0.4 is 5.32 Å². The second-order valence-electron chi connectivity index (χ2n) is 8.91. The maximum Gasteiger partial charge on any atom is 0.417 e. The van der Waals surface area contributed by atoms with Gasteiger partial charge < -0.3 is 9.84 Å². The van der Waals surface area contributed by atoms with Gasteiger partial charge in [0.25, 0.3) is 5.91 Å². The number of carbonyl (C=O) groups is 1. The van der Waals surface area contributed by atoms with Gasteiger partial charge in [-0.1, -0.05) is 41.9 Å². The number of amides is 1. The maximum absolute atomic E-state index is 14.3.